The molecule has 0 bridgehead atoms. The first-order valence-electron chi connectivity index (χ1n) is 4.75. The largest absolute Gasteiger partial charge is 0.353 e. The van der Waals surface area contributed by atoms with Gasteiger partial charge in [-0.2, -0.15) is 0 Å². The number of rotatable bonds is 2. The van der Waals surface area contributed by atoms with Crippen molar-refractivity contribution in [1.82, 2.24) is 0 Å². The second kappa shape index (κ2) is 3.75. The lowest BCUT2D eigenvalue weighted by molar-refractivity contribution is -0.257. The molecule has 2 atom stereocenters. The average Bonchev–Trinajstić information content (AvgIpc) is 2.09. The molecule has 2 heteroatoms. The Morgan fingerprint density at radius 2 is 1.67 bits per heavy atom. The van der Waals surface area contributed by atoms with Crippen LogP contribution < -0.4 is 0 Å². The van der Waals surface area contributed by atoms with Crippen molar-refractivity contribution in [2.45, 2.75) is 38.9 Å². The molecule has 2 nitrogen and oxygen atoms in total. The summed E-state index contributed by atoms with van der Waals surface area (Å²) in [4.78, 5) is 0. The summed E-state index contributed by atoms with van der Waals surface area (Å²) in [6, 6.07) is 0. The van der Waals surface area contributed by atoms with Gasteiger partial charge in [0.2, 0.25) is 0 Å². The first kappa shape index (κ1) is 10.0. The van der Waals surface area contributed by atoms with E-state index in [0.717, 1.165) is 12.3 Å². The summed E-state index contributed by atoms with van der Waals surface area (Å²) in [5.74, 6) is 0.933. The van der Waals surface area contributed by atoms with E-state index in [4.69, 9.17) is 9.47 Å². The molecule has 0 amide bonds. The number of hydrogen-bond acceptors (Lipinski definition) is 2. The fourth-order valence-electron chi connectivity index (χ4n) is 2.20. The van der Waals surface area contributed by atoms with E-state index < -0.39 is 0 Å². The Morgan fingerprint density at radius 1 is 1.08 bits per heavy atom. The van der Waals surface area contributed by atoms with Crippen LogP contribution in [0.4, 0.5) is 0 Å². The highest BCUT2D eigenvalue weighted by Crippen LogP contribution is 2.39. The molecule has 0 aromatic rings. The first-order valence-corrected chi connectivity index (χ1v) is 4.75. The van der Waals surface area contributed by atoms with Crippen LogP contribution in [-0.4, -0.2) is 20.0 Å². The molecule has 1 fully saturated rings. The summed E-state index contributed by atoms with van der Waals surface area (Å²) in [5, 5.41) is 0. The Balaban J connectivity index is 2.68. The topological polar surface area (TPSA) is 18.5 Å². The molecule has 0 aliphatic heterocycles. The van der Waals surface area contributed by atoms with E-state index in [2.05, 4.69) is 13.8 Å². The zero-order chi connectivity index (χ0) is 9.19. The summed E-state index contributed by atoms with van der Waals surface area (Å²) < 4.78 is 11.0. The van der Waals surface area contributed by atoms with E-state index in [1.54, 1.807) is 14.2 Å². The average molecular weight is 172 g/mol. The molecule has 0 aromatic heterocycles. The molecule has 2 unspecified atom stereocenters. The van der Waals surface area contributed by atoms with Gasteiger partial charge in [-0.25, -0.2) is 0 Å². The number of methoxy groups -OCH3 is 2. The number of ether oxygens (including phenoxy) is 2. The van der Waals surface area contributed by atoms with Crippen LogP contribution in [0.2, 0.25) is 0 Å². The highest BCUT2D eigenvalue weighted by Gasteiger charge is 2.40. The van der Waals surface area contributed by atoms with E-state index in [9.17, 15) is 0 Å². The van der Waals surface area contributed by atoms with Gasteiger partial charge in [0, 0.05) is 26.6 Å². The second-order valence-corrected chi connectivity index (χ2v) is 4.01. The molecule has 1 aliphatic carbocycles. The van der Waals surface area contributed by atoms with E-state index in [-0.39, 0.29) is 5.79 Å². The molecule has 1 saturated carbocycles. The van der Waals surface area contributed by atoms with Crippen LogP contribution in [0, 0.1) is 11.8 Å². The molecule has 12 heavy (non-hydrogen) atoms. The maximum absolute atomic E-state index is 5.49. The minimum atomic E-state index is -0.308. The summed E-state index contributed by atoms with van der Waals surface area (Å²) in [6.45, 7) is 4.47. The summed E-state index contributed by atoms with van der Waals surface area (Å²) >= 11 is 0. The zero-order valence-corrected chi connectivity index (χ0v) is 8.59. The fraction of sp³-hybridized carbons (Fsp3) is 1.00. The predicted molar refractivity (Wildman–Crippen MR) is 48.9 cm³/mol. The molecule has 72 valence electrons. The normalized spacial score (nSPS) is 35.0. The van der Waals surface area contributed by atoms with Crippen LogP contribution in [0.25, 0.3) is 0 Å². The van der Waals surface area contributed by atoms with Gasteiger partial charge in [-0.1, -0.05) is 20.3 Å². The van der Waals surface area contributed by atoms with Crippen LogP contribution in [-0.2, 0) is 9.47 Å². The Hall–Kier alpha value is -0.0800. The number of hydrogen-bond donors (Lipinski definition) is 0. The maximum Gasteiger partial charge on any atom is 0.170 e. The molecule has 0 radical (unpaired) electrons. The van der Waals surface area contributed by atoms with E-state index in [1.165, 1.54) is 12.8 Å². The third-order valence-electron chi connectivity index (χ3n) is 3.17. The monoisotopic (exact) mass is 172 g/mol. The zero-order valence-electron chi connectivity index (χ0n) is 8.59. The van der Waals surface area contributed by atoms with Crippen LogP contribution in [0.3, 0.4) is 0 Å². The molecule has 1 aliphatic rings. The fourth-order valence-corrected chi connectivity index (χ4v) is 2.20. The molecule has 0 heterocycles. The molecule has 0 aromatic carbocycles. The lowest BCUT2D eigenvalue weighted by Crippen LogP contribution is -2.45. The minimum absolute atomic E-state index is 0.308. The third kappa shape index (κ3) is 1.64. The molecular formula is C10H20O2. The van der Waals surface area contributed by atoms with Crippen molar-refractivity contribution in [1.29, 1.82) is 0 Å². The van der Waals surface area contributed by atoms with Gasteiger partial charge < -0.3 is 9.47 Å². The standard InChI is InChI=1S/C10H20O2/c1-8-5-6-9(2)10(7-8,11-3)12-4/h8-9H,5-7H2,1-4H3. The molecule has 0 saturated heterocycles. The van der Waals surface area contributed by atoms with Gasteiger partial charge in [0.05, 0.1) is 0 Å². The van der Waals surface area contributed by atoms with Crippen molar-refractivity contribution in [2.75, 3.05) is 14.2 Å². The Morgan fingerprint density at radius 3 is 2.08 bits per heavy atom. The first-order chi connectivity index (χ1) is 5.64. The van der Waals surface area contributed by atoms with Gasteiger partial charge in [-0.3, -0.25) is 0 Å². The van der Waals surface area contributed by atoms with E-state index in [1.807, 2.05) is 0 Å². The minimum Gasteiger partial charge on any atom is -0.353 e. The Labute approximate surface area is 75.2 Å². The lowest BCUT2D eigenvalue weighted by Gasteiger charge is -2.42. The smallest absolute Gasteiger partial charge is 0.170 e. The highest BCUT2D eigenvalue weighted by molar-refractivity contribution is 4.83. The summed E-state index contributed by atoms with van der Waals surface area (Å²) in [5.41, 5.74) is 0. The highest BCUT2D eigenvalue weighted by atomic mass is 16.7. The van der Waals surface area contributed by atoms with Gasteiger partial charge in [0.1, 0.15) is 0 Å². The third-order valence-corrected chi connectivity index (χ3v) is 3.17. The Kier molecular flexibility index (Phi) is 3.13. The Bertz CT molecular complexity index is 141. The van der Waals surface area contributed by atoms with Crippen LogP contribution in [0.5, 0.6) is 0 Å². The van der Waals surface area contributed by atoms with Crippen molar-refractivity contribution in [2.24, 2.45) is 11.8 Å². The molecular weight excluding hydrogens is 152 g/mol. The van der Waals surface area contributed by atoms with Crippen molar-refractivity contribution in [3.05, 3.63) is 0 Å². The lowest BCUT2D eigenvalue weighted by atomic mass is 9.79. The van der Waals surface area contributed by atoms with Crippen molar-refractivity contribution < 1.29 is 9.47 Å². The van der Waals surface area contributed by atoms with Gasteiger partial charge in [-0.05, 0) is 12.3 Å². The van der Waals surface area contributed by atoms with Gasteiger partial charge in [-0.15, -0.1) is 0 Å². The van der Waals surface area contributed by atoms with Crippen molar-refractivity contribution >= 4 is 0 Å². The van der Waals surface area contributed by atoms with Gasteiger partial charge in [0.25, 0.3) is 0 Å². The quantitative estimate of drug-likeness (QED) is 0.596. The van der Waals surface area contributed by atoms with Crippen LogP contribution in [0.15, 0.2) is 0 Å². The molecule has 0 N–H and O–H groups in total. The maximum atomic E-state index is 5.49. The van der Waals surface area contributed by atoms with Crippen molar-refractivity contribution in [3.63, 3.8) is 0 Å². The SMILES string of the molecule is COC1(OC)CC(C)CCC1C. The van der Waals surface area contributed by atoms with Crippen LogP contribution in [0.1, 0.15) is 33.1 Å². The summed E-state index contributed by atoms with van der Waals surface area (Å²) in [7, 11) is 3.50. The van der Waals surface area contributed by atoms with Gasteiger partial charge in [0.15, 0.2) is 5.79 Å². The molecule has 0 spiro atoms. The van der Waals surface area contributed by atoms with E-state index in [0.29, 0.717) is 5.92 Å². The molecule has 1 rings (SSSR count). The van der Waals surface area contributed by atoms with Crippen LogP contribution >= 0.6 is 0 Å². The second-order valence-electron chi connectivity index (χ2n) is 4.01. The summed E-state index contributed by atoms with van der Waals surface area (Å²) in [6.07, 6.45) is 3.54. The predicted octanol–water partition coefficient (Wildman–Crippen LogP) is 2.43. The van der Waals surface area contributed by atoms with Crippen molar-refractivity contribution in [3.8, 4) is 0 Å². The van der Waals surface area contributed by atoms with Gasteiger partial charge >= 0.3 is 0 Å². The van der Waals surface area contributed by atoms with E-state index >= 15 is 0 Å².